The van der Waals surface area contributed by atoms with Crippen molar-refractivity contribution in [2.75, 3.05) is 5.32 Å². The van der Waals surface area contributed by atoms with Crippen LogP contribution >= 0.6 is 15.9 Å². The number of para-hydroxylation sites is 1. The number of carboxylic acid groups (broad SMARTS) is 1. The van der Waals surface area contributed by atoms with Crippen molar-refractivity contribution in [3.63, 3.8) is 0 Å². The fourth-order valence-electron chi connectivity index (χ4n) is 1.61. The highest BCUT2D eigenvalue weighted by Gasteiger charge is 2.18. The summed E-state index contributed by atoms with van der Waals surface area (Å²) in [5.41, 5.74) is 5.55. The molecule has 0 atom stereocenters. The third-order valence-electron chi connectivity index (χ3n) is 2.57. The van der Waals surface area contributed by atoms with Crippen LogP contribution in [0.5, 0.6) is 0 Å². The first kappa shape index (κ1) is 14.3. The number of rotatable bonds is 4. The van der Waals surface area contributed by atoms with Crippen molar-refractivity contribution in [1.29, 1.82) is 0 Å². The second-order valence-electron chi connectivity index (χ2n) is 3.89. The van der Waals surface area contributed by atoms with Crippen LogP contribution in [-0.4, -0.2) is 17.0 Å². The van der Waals surface area contributed by atoms with Crippen LogP contribution in [0.3, 0.4) is 0 Å². The number of aromatic carboxylic acids is 1. The largest absolute Gasteiger partial charge is 0.478 e. The van der Waals surface area contributed by atoms with Crippen molar-refractivity contribution < 1.29 is 19.1 Å². The Balaban J connectivity index is 2.30. The van der Waals surface area contributed by atoms with Crippen molar-refractivity contribution in [3.05, 3.63) is 51.9 Å². The van der Waals surface area contributed by atoms with Crippen LogP contribution in [0, 0.1) is 0 Å². The normalized spacial score (nSPS) is 10.3. The molecule has 0 radical (unpaired) electrons. The first-order chi connectivity index (χ1) is 9.52. The predicted octanol–water partition coefficient (Wildman–Crippen LogP) is 2.45. The average Bonchev–Trinajstić information content (AvgIpc) is 2.89. The van der Waals surface area contributed by atoms with Gasteiger partial charge in [-0.05, 0) is 40.2 Å². The van der Waals surface area contributed by atoms with Crippen molar-refractivity contribution in [2.45, 2.75) is 6.54 Å². The van der Waals surface area contributed by atoms with E-state index in [0.717, 1.165) is 0 Å². The Hall–Kier alpha value is -2.12. The molecule has 0 fully saturated rings. The Kier molecular flexibility index (Phi) is 4.21. The molecule has 0 bridgehead atoms. The Morgan fingerprint density at radius 3 is 2.65 bits per heavy atom. The number of hydrogen-bond acceptors (Lipinski definition) is 4. The minimum atomic E-state index is -1.14. The van der Waals surface area contributed by atoms with E-state index >= 15 is 0 Å². The van der Waals surface area contributed by atoms with Crippen LogP contribution in [0.25, 0.3) is 0 Å². The third-order valence-corrected chi connectivity index (χ3v) is 3.23. The van der Waals surface area contributed by atoms with E-state index in [2.05, 4.69) is 21.2 Å². The van der Waals surface area contributed by atoms with Gasteiger partial charge in [-0.1, -0.05) is 6.07 Å². The summed E-state index contributed by atoms with van der Waals surface area (Å²) >= 11 is 3.21. The van der Waals surface area contributed by atoms with E-state index in [9.17, 15) is 9.59 Å². The van der Waals surface area contributed by atoms with Gasteiger partial charge in [0, 0.05) is 4.47 Å². The standard InChI is InChI=1S/C13H11BrN2O4/c14-9-3-1-2-8(13(18)19)11(9)16-12(17)10-5-4-7(6-15)20-10/h1-5H,6,15H2,(H,16,17)(H,18,19). The fourth-order valence-corrected chi connectivity index (χ4v) is 2.08. The number of halogens is 1. The van der Waals surface area contributed by atoms with Crippen LogP contribution in [-0.2, 0) is 6.54 Å². The molecule has 0 saturated carbocycles. The van der Waals surface area contributed by atoms with Crippen LogP contribution in [0.4, 0.5) is 5.69 Å². The van der Waals surface area contributed by atoms with Gasteiger partial charge in [0.15, 0.2) is 5.76 Å². The Morgan fingerprint density at radius 1 is 1.30 bits per heavy atom. The van der Waals surface area contributed by atoms with E-state index < -0.39 is 11.9 Å². The van der Waals surface area contributed by atoms with Gasteiger partial charge < -0.3 is 20.6 Å². The molecule has 0 aliphatic heterocycles. The Labute approximate surface area is 122 Å². The molecule has 0 spiro atoms. The van der Waals surface area contributed by atoms with Gasteiger partial charge in [-0.2, -0.15) is 0 Å². The third kappa shape index (κ3) is 2.89. The van der Waals surface area contributed by atoms with E-state index in [1.165, 1.54) is 12.1 Å². The summed E-state index contributed by atoms with van der Waals surface area (Å²) in [6, 6.07) is 7.68. The zero-order valence-corrected chi connectivity index (χ0v) is 11.8. The molecule has 0 unspecified atom stereocenters. The molecule has 0 aliphatic carbocycles. The molecule has 7 heteroatoms. The topological polar surface area (TPSA) is 106 Å². The summed E-state index contributed by atoms with van der Waals surface area (Å²) in [4.78, 5) is 23.1. The molecule has 20 heavy (non-hydrogen) atoms. The molecule has 104 valence electrons. The lowest BCUT2D eigenvalue weighted by molar-refractivity contribution is 0.0698. The second kappa shape index (κ2) is 5.89. The molecule has 4 N–H and O–H groups in total. The van der Waals surface area contributed by atoms with Crippen LogP contribution in [0.15, 0.2) is 39.2 Å². The molecular weight excluding hydrogens is 328 g/mol. The van der Waals surface area contributed by atoms with Crippen molar-refractivity contribution in [2.24, 2.45) is 5.73 Å². The van der Waals surface area contributed by atoms with Crippen LogP contribution < -0.4 is 11.1 Å². The number of anilines is 1. The number of carboxylic acids is 1. The Bertz CT molecular complexity index is 666. The fraction of sp³-hybridized carbons (Fsp3) is 0.0769. The minimum Gasteiger partial charge on any atom is -0.478 e. The smallest absolute Gasteiger partial charge is 0.337 e. The van der Waals surface area contributed by atoms with E-state index in [0.29, 0.717) is 10.2 Å². The van der Waals surface area contributed by atoms with Gasteiger partial charge in [-0.3, -0.25) is 4.79 Å². The average molecular weight is 339 g/mol. The van der Waals surface area contributed by atoms with Gasteiger partial charge in [0.25, 0.3) is 5.91 Å². The maximum absolute atomic E-state index is 12.0. The van der Waals surface area contributed by atoms with E-state index in [4.69, 9.17) is 15.3 Å². The molecule has 0 aliphatic rings. The highest BCUT2D eigenvalue weighted by Crippen LogP contribution is 2.27. The monoisotopic (exact) mass is 338 g/mol. The molecule has 1 aromatic heterocycles. The van der Waals surface area contributed by atoms with Crippen LogP contribution in [0.1, 0.15) is 26.7 Å². The molecule has 0 saturated heterocycles. The molecule has 2 aromatic rings. The van der Waals surface area contributed by atoms with Crippen molar-refractivity contribution in [3.8, 4) is 0 Å². The molecular formula is C13H11BrN2O4. The van der Waals surface area contributed by atoms with Gasteiger partial charge >= 0.3 is 5.97 Å². The van der Waals surface area contributed by atoms with E-state index in [1.807, 2.05) is 0 Å². The number of furan rings is 1. The van der Waals surface area contributed by atoms with Gasteiger partial charge in [-0.15, -0.1) is 0 Å². The first-order valence-corrected chi connectivity index (χ1v) is 6.44. The number of hydrogen-bond donors (Lipinski definition) is 3. The molecule has 6 nitrogen and oxygen atoms in total. The number of amides is 1. The lowest BCUT2D eigenvalue weighted by Gasteiger charge is -2.09. The lowest BCUT2D eigenvalue weighted by Crippen LogP contribution is -2.14. The maximum Gasteiger partial charge on any atom is 0.337 e. The molecule has 1 amide bonds. The highest BCUT2D eigenvalue weighted by atomic mass is 79.9. The second-order valence-corrected chi connectivity index (χ2v) is 4.75. The predicted molar refractivity (Wildman–Crippen MR) is 75.7 cm³/mol. The highest BCUT2D eigenvalue weighted by molar-refractivity contribution is 9.10. The van der Waals surface area contributed by atoms with Gasteiger partial charge in [-0.25, -0.2) is 4.79 Å². The van der Waals surface area contributed by atoms with E-state index in [-0.39, 0.29) is 23.6 Å². The number of nitrogens with two attached hydrogens (primary N) is 1. The zero-order chi connectivity index (χ0) is 14.7. The maximum atomic E-state index is 12.0. The van der Waals surface area contributed by atoms with Crippen molar-refractivity contribution in [1.82, 2.24) is 0 Å². The summed E-state index contributed by atoms with van der Waals surface area (Å²) in [6.45, 7) is 0.183. The molecule has 1 heterocycles. The van der Waals surface area contributed by atoms with Crippen molar-refractivity contribution >= 4 is 33.5 Å². The van der Waals surface area contributed by atoms with E-state index in [1.54, 1.807) is 18.2 Å². The summed E-state index contributed by atoms with van der Waals surface area (Å²) in [7, 11) is 0. The number of nitrogens with one attached hydrogen (secondary N) is 1. The first-order valence-electron chi connectivity index (χ1n) is 5.65. The summed E-state index contributed by atoms with van der Waals surface area (Å²) in [6.07, 6.45) is 0. The lowest BCUT2D eigenvalue weighted by atomic mass is 10.2. The Morgan fingerprint density at radius 2 is 2.05 bits per heavy atom. The molecule has 1 aromatic carbocycles. The quantitative estimate of drug-likeness (QED) is 0.793. The summed E-state index contributed by atoms with van der Waals surface area (Å²) in [5, 5.41) is 11.6. The SMILES string of the molecule is NCc1ccc(C(=O)Nc2c(Br)cccc2C(=O)O)o1. The van der Waals surface area contributed by atoms with Gasteiger partial charge in [0.2, 0.25) is 0 Å². The van der Waals surface area contributed by atoms with Gasteiger partial charge in [0.1, 0.15) is 5.76 Å². The zero-order valence-electron chi connectivity index (χ0n) is 10.2. The summed E-state index contributed by atoms with van der Waals surface area (Å²) < 4.78 is 5.68. The number of benzene rings is 1. The van der Waals surface area contributed by atoms with Crippen LogP contribution in [0.2, 0.25) is 0 Å². The minimum absolute atomic E-state index is 0.0154. The van der Waals surface area contributed by atoms with Gasteiger partial charge in [0.05, 0.1) is 17.8 Å². The number of carbonyl (C=O) groups is 2. The number of carbonyl (C=O) groups excluding carboxylic acids is 1. The summed E-state index contributed by atoms with van der Waals surface area (Å²) in [5.74, 6) is -1.14. The molecule has 2 rings (SSSR count).